The summed E-state index contributed by atoms with van der Waals surface area (Å²) in [6.45, 7) is 0.531. The van der Waals surface area contributed by atoms with Gasteiger partial charge in [0.25, 0.3) is 0 Å². The van der Waals surface area contributed by atoms with E-state index in [9.17, 15) is 4.79 Å². The number of hydrogen-bond acceptors (Lipinski definition) is 3. The van der Waals surface area contributed by atoms with E-state index >= 15 is 0 Å². The van der Waals surface area contributed by atoms with E-state index in [2.05, 4.69) is 10.6 Å². The Morgan fingerprint density at radius 3 is 2.38 bits per heavy atom. The van der Waals surface area contributed by atoms with Crippen LogP contribution in [-0.2, 0) is 11.4 Å². The summed E-state index contributed by atoms with van der Waals surface area (Å²) in [6, 6.07) is 17.6. The zero-order chi connectivity index (χ0) is 18.2. The molecule has 0 unspecified atom stereocenters. The van der Waals surface area contributed by atoms with Crippen LogP contribution < -0.4 is 15.4 Å². The number of rotatable bonds is 5. The molecule has 5 heteroatoms. The molecule has 1 amide bonds. The number of carbonyl (C=O) groups is 1. The summed E-state index contributed by atoms with van der Waals surface area (Å²) in [5.41, 5.74) is 1.95. The number of amides is 1. The molecule has 3 rings (SSSR count). The fraction of sp³-hybridized carbons (Fsp3) is 0.333. The first-order valence-electron chi connectivity index (χ1n) is 9.09. The number of benzene rings is 2. The lowest BCUT2D eigenvalue weighted by molar-refractivity contribution is -0.124. The first-order valence-corrected chi connectivity index (χ1v) is 9.50. The molecule has 0 saturated heterocycles. The molecule has 0 spiro atoms. The van der Waals surface area contributed by atoms with Crippen molar-refractivity contribution in [1.29, 1.82) is 0 Å². The van der Waals surface area contributed by atoms with Crippen LogP contribution in [0.2, 0.25) is 0 Å². The van der Waals surface area contributed by atoms with E-state index in [1.807, 2.05) is 54.6 Å². The van der Waals surface area contributed by atoms with Crippen molar-refractivity contribution in [3.63, 3.8) is 0 Å². The monoisotopic (exact) mass is 368 g/mol. The van der Waals surface area contributed by atoms with Crippen LogP contribution in [0.25, 0.3) is 0 Å². The Balaban J connectivity index is 1.45. The molecule has 2 aromatic carbocycles. The van der Waals surface area contributed by atoms with Gasteiger partial charge in [-0.1, -0.05) is 49.6 Å². The summed E-state index contributed by atoms with van der Waals surface area (Å²) in [7, 11) is 0. The first-order chi connectivity index (χ1) is 12.7. The summed E-state index contributed by atoms with van der Waals surface area (Å²) < 4.78 is 5.77. The average Bonchev–Trinajstić information content (AvgIpc) is 2.69. The van der Waals surface area contributed by atoms with E-state index < -0.39 is 0 Å². The third-order valence-electron chi connectivity index (χ3n) is 4.57. The smallest absolute Gasteiger partial charge is 0.229 e. The lowest BCUT2D eigenvalue weighted by Crippen LogP contribution is -2.38. The highest BCUT2D eigenvalue weighted by atomic mass is 32.1. The molecule has 4 nitrogen and oxygen atoms in total. The van der Waals surface area contributed by atoms with Crippen molar-refractivity contribution in [3.05, 3.63) is 60.2 Å². The largest absolute Gasteiger partial charge is 0.489 e. The Morgan fingerprint density at radius 2 is 1.69 bits per heavy atom. The standard InChI is InChI=1S/C21H24N2O2S/c24-20(17-9-5-2-6-10-17)23-21(26)22-18-11-13-19(14-12-18)25-15-16-7-3-1-4-8-16/h1,3-4,7-8,11-14,17H,2,5-6,9-10,15H2,(H2,22,23,24,26). The lowest BCUT2D eigenvalue weighted by atomic mass is 9.89. The van der Waals surface area contributed by atoms with Crippen molar-refractivity contribution in [3.8, 4) is 5.75 Å². The molecule has 2 N–H and O–H groups in total. The first kappa shape index (κ1) is 18.4. The van der Waals surface area contributed by atoms with Crippen LogP contribution in [0.15, 0.2) is 54.6 Å². The quantitative estimate of drug-likeness (QED) is 0.754. The highest BCUT2D eigenvalue weighted by Crippen LogP contribution is 2.23. The number of anilines is 1. The normalized spacial score (nSPS) is 14.5. The van der Waals surface area contributed by atoms with Crippen LogP contribution in [0.4, 0.5) is 5.69 Å². The van der Waals surface area contributed by atoms with Crippen molar-refractivity contribution in [2.45, 2.75) is 38.7 Å². The molecule has 1 aliphatic rings. The zero-order valence-electron chi connectivity index (χ0n) is 14.7. The topological polar surface area (TPSA) is 50.4 Å². The van der Waals surface area contributed by atoms with Crippen LogP contribution in [0.3, 0.4) is 0 Å². The van der Waals surface area contributed by atoms with Gasteiger partial charge in [0, 0.05) is 11.6 Å². The lowest BCUT2D eigenvalue weighted by Gasteiger charge is -2.21. The minimum Gasteiger partial charge on any atom is -0.489 e. The van der Waals surface area contributed by atoms with Gasteiger partial charge in [0.1, 0.15) is 12.4 Å². The number of nitrogens with one attached hydrogen (secondary N) is 2. The van der Waals surface area contributed by atoms with E-state index in [1.165, 1.54) is 6.42 Å². The summed E-state index contributed by atoms with van der Waals surface area (Å²) >= 11 is 5.26. The van der Waals surface area contributed by atoms with Crippen molar-refractivity contribution in [2.24, 2.45) is 5.92 Å². The molecule has 0 aromatic heterocycles. The fourth-order valence-electron chi connectivity index (χ4n) is 3.12. The minimum atomic E-state index is 0.0324. The highest BCUT2D eigenvalue weighted by Gasteiger charge is 2.21. The van der Waals surface area contributed by atoms with Gasteiger partial charge in [-0.3, -0.25) is 4.79 Å². The van der Waals surface area contributed by atoms with Gasteiger partial charge >= 0.3 is 0 Å². The maximum absolute atomic E-state index is 12.2. The summed E-state index contributed by atoms with van der Waals surface area (Å²) in [5.74, 6) is 0.916. The van der Waals surface area contributed by atoms with Crippen LogP contribution in [0.1, 0.15) is 37.7 Å². The molecule has 1 fully saturated rings. The zero-order valence-corrected chi connectivity index (χ0v) is 15.6. The van der Waals surface area contributed by atoms with Gasteiger partial charge in [0.15, 0.2) is 5.11 Å². The maximum atomic E-state index is 12.2. The van der Waals surface area contributed by atoms with Gasteiger partial charge in [-0.05, 0) is 54.9 Å². The molecular formula is C21H24N2O2S. The summed E-state index contributed by atoms with van der Waals surface area (Å²) in [5, 5.41) is 6.21. The molecule has 26 heavy (non-hydrogen) atoms. The Kier molecular flexibility index (Phi) is 6.61. The van der Waals surface area contributed by atoms with Crippen LogP contribution in [0, 0.1) is 5.92 Å². The Bertz CT molecular complexity index is 725. The second kappa shape index (κ2) is 9.34. The van der Waals surface area contributed by atoms with Crippen molar-refractivity contribution in [2.75, 3.05) is 5.32 Å². The summed E-state index contributed by atoms with van der Waals surface area (Å²) in [6.07, 6.45) is 5.40. The van der Waals surface area contributed by atoms with Gasteiger partial charge in [0.2, 0.25) is 5.91 Å². The highest BCUT2D eigenvalue weighted by molar-refractivity contribution is 7.80. The molecular weight excluding hydrogens is 344 g/mol. The molecule has 0 bridgehead atoms. The molecule has 2 aromatic rings. The molecule has 0 atom stereocenters. The number of thiocarbonyl (C=S) groups is 1. The summed E-state index contributed by atoms with van der Waals surface area (Å²) in [4.78, 5) is 12.2. The van der Waals surface area contributed by atoms with Crippen molar-refractivity contribution in [1.82, 2.24) is 5.32 Å². The molecule has 1 saturated carbocycles. The van der Waals surface area contributed by atoms with Gasteiger partial charge < -0.3 is 15.4 Å². The molecule has 136 valence electrons. The number of carbonyl (C=O) groups excluding carboxylic acids is 1. The van der Waals surface area contributed by atoms with E-state index in [-0.39, 0.29) is 11.8 Å². The minimum absolute atomic E-state index is 0.0324. The Labute approximate surface area is 160 Å². The van der Waals surface area contributed by atoms with Crippen LogP contribution in [0.5, 0.6) is 5.75 Å². The van der Waals surface area contributed by atoms with Crippen molar-refractivity contribution < 1.29 is 9.53 Å². The number of hydrogen-bond donors (Lipinski definition) is 2. The van der Waals surface area contributed by atoms with Crippen molar-refractivity contribution >= 4 is 28.9 Å². The van der Waals surface area contributed by atoms with Crippen LogP contribution in [-0.4, -0.2) is 11.0 Å². The second-order valence-electron chi connectivity index (χ2n) is 6.58. The second-order valence-corrected chi connectivity index (χ2v) is 6.99. The van der Waals surface area contributed by atoms with E-state index in [0.29, 0.717) is 11.7 Å². The van der Waals surface area contributed by atoms with E-state index in [0.717, 1.165) is 42.7 Å². The SMILES string of the molecule is O=C(NC(=S)Nc1ccc(OCc2ccccc2)cc1)C1CCCCC1. The van der Waals surface area contributed by atoms with Crippen LogP contribution >= 0.6 is 12.2 Å². The van der Waals surface area contributed by atoms with E-state index in [4.69, 9.17) is 17.0 Å². The molecule has 0 radical (unpaired) electrons. The van der Waals surface area contributed by atoms with Gasteiger partial charge in [-0.2, -0.15) is 0 Å². The van der Waals surface area contributed by atoms with Gasteiger partial charge in [-0.15, -0.1) is 0 Å². The predicted octanol–water partition coefficient (Wildman–Crippen LogP) is 4.66. The van der Waals surface area contributed by atoms with E-state index in [1.54, 1.807) is 0 Å². The van der Waals surface area contributed by atoms with Gasteiger partial charge in [-0.25, -0.2) is 0 Å². The number of ether oxygens (including phenoxy) is 1. The third-order valence-corrected chi connectivity index (χ3v) is 4.78. The van der Waals surface area contributed by atoms with Gasteiger partial charge in [0.05, 0.1) is 0 Å². The maximum Gasteiger partial charge on any atom is 0.229 e. The average molecular weight is 369 g/mol. The Hall–Kier alpha value is -2.40. The Morgan fingerprint density at radius 1 is 1.00 bits per heavy atom. The fourth-order valence-corrected chi connectivity index (χ4v) is 3.33. The third kappa shape index (κ3) is 5.56. The molecule has 0 heterocycles. The molecule has 1 aliphatic carbocycles. The molecule has 0 aliphatic heterocycles. The predicted molar refractivity (Wildman–Crippen MR) is 108 cm³/mol.